The smallest absolute Gasteiger partial charge is 0.293 e. The van der Waals surface area contributed by atoms with E-state index in [1.807, 2.05) is 30.3 Å². The molecule has 1 aromatic carbocycles. The number of hydrogen-bond acceptors (Lipinski definition) is 4. The Labute approximate surface area is 111 Å². The van der Waals surface area contributed by atoms with Gasteiger partial charge in [-0.3, -0.25) is 9.59 Å². The zero-order valence-corrected chi connectivity index (χ0v) is 10.7. The van der Waals surface area contributed by atoms with Gasteiger partial charge in [0, 0.05) is 0 Å². The van der Waals surface area contributed by atoms with Gasteiger partial charge in [-0.05, 0) is 18.9 Å². The van der Waals surface area contributed by atoms with E-state index in [4.69, 9.17) is 0 Å². The third kappa shape index (κ3) is 2.61. The summed E-state index contributed by atoms with van der Waals surface area (Å²) >= 11 is 0. The minimum Gasteiger partial charge on any atom is -0.467 e. The van der Waals surface area contributed by atoms with Gasteiger partial charge in [0.25, 0.3) is 6.47 Å². The average molecular weight is 263 g/mol. The van der Waals surface area contributed by atoms with Crippen LogP contribution >= 0.6 is 0 Å². The van der Waals surface area contributed by atoms with E-state index in [-0.39, 0.29) is 25.0 Å². The van der Waals surface area contributed by atoms with Crippen molar-refractivity contribution >= 4 is 12.4 Å². The zero-order chi connectivity index (χ0) is 13.9. The van der Waals surface area contributed by atoms with Gasteiger partial charge < -0.3 is 15.2 Å². The summed E-state index contributed by atoms with van der Waals surface area (Å²) in [5.41, 5.74) is -0.139. The van der Waals surface area contributed by atoms with E-state index in [9.17, 15) is 14.7 Å². The third-order valence-corrected chi connectivity index (χ3v) is 3.67. The van der Waals surface area contributed by atoms with Gasteiger partial charge in [0.2, 0.25) is 5.91 Å². The van der Waals surface area contributed by atoms with Gasteiger partial charge in [-0.1, -0.05) is 30.3 Å². The third-order valence-electron chi connectivity index (χ3n) is 3.67. The SMILES string of the molecule is CC1(COC=O)C(=O)NC(c2ccccc2)CC1O. The van der Waals surface area contributed by atoms with Gasteiger partial charge in [-0.25, -0.2) is 0 Å². The van der Waals surface area contributed by atoms with E-state index in [0.29, 0.717) is 6.42 Å². The van der Waals surface area contributed by atoms with Crippen LogP contribution in [0.5, 0.6) is 0 Å². The maximum atomic E-state index is 12.1. The summed E-state index contributed by atoms with van der Waals surface area (Å²) < 4.78 is 4.66. The molecule has 0 radical (unpaired) electrons. The summed E-state index contributed by atoms with van der Waals surface area (Å²) in [4.78, 5) is 22.4. The fourth-order valence-corrected chi connectivity index (χ4v) is 2.29. The lowest BCUT2D eigenvalue weighted by Crippen LogP contribution is -2.56. The fourth-order valence-electron chi connectivity index (χ4n) is 2.29. The topological polar surface area (TPSA) is 75.6 Å². The van der Waals surface area contributed by atoms with Gasteiger partial charge in [0.15, 0.2) is 0 Å². The highest BCUT2D eigenvalue weighted by molar-refractivity contribution is 5.84. The van der Waals surface area contributed by atoms with Gasteiger partial charge in [0.05, 0.1) is 12.1 Å². The van der Waals surface area contributed by atoms with Gasteiger partial charge in [0.1, 0.15) is 12.0 Å². The number of rotatable bonds is 4. The molecule has 1 aromatic rings. The number of benzene rings is 1. The Morgan fingerprint density at radius 2 is 2.16 bits per heavy atom. The summed E-state index contributed by atoms with van der Waals surface area (Å²) in [5, 5.41) is 13.1. The second kappa shape index (κ2) is 5.40. The monoisotopic (exact) mass is 263 g/mol. The number of aliphatic hydroxyl groups excluding tert-OH is 1. The molecule has 102 valence electrons. The molecular weight excluding hydrogens is 246 g/mol. The van der Waals surface area contributed by atoms with Crippen LogP contribution < -0.4 is 5.32 Å². The second-order valence-electron chi connectivity index (χ2n) is 5.01. The Hall–Kier alpha value is -1.88. The summed E-state index contributed by atoms with van der Waals surface area (Å²) in [6.07, 6.45) is -0.458. The van der Waals surface area contributed by atoms with Crippen LogP contribution in [0.1, 0.15) is 24.9 Å². The number of ether oxygens (including phenoxy) is 1. The number of aliphatic hydroxyl groups is 1. The number of carbonyl (C=O) groups is 2. The molecule has 2 N–H and O–H groups in total. The molecule has 3 unspecified atom stereocenters. The molecular formula is C14H17NO4. The Balaban J connectivity index is 2.14. The highest BCUT2D eigenvalue weighted by Crippen LogP contribution is 2.35. The van der Waals surface area contributed by atoms with Crippen LogP contribution in [0.2, 0.25) is 0 Å². The number of amides is 1. The second-order valence-corrected chi connectivity index (χ2v) is 5.01. The Morgan fingerprint density at radius 1 is 1.47 bits per heavy atom. The summed E-state index contributed by atoms with van der Waals surface area (Å²) in [5.74, 6) is -0.304. The highest BCUT2D eigenvalue weighted by Gasteiger charge is 2.47. The molecule has 0 bridgehead atoms. The van der Waals surface area contributed by atoms with E-state index in [2.05, 4.69) is 10.1 Å². The van der Waals surface area contributed by atoms with Crippen molar-refractivity contribution in [3.63, 3.8) is 0 Å². The fraction of sp³-hybridized carbons (Fsp3) is 0.429. The normalized spacial score (nSPS) is 30.5. The van der Waals surface area contributed by atoms with Crippen molar-refractivity contribution in [2.24, 2.45) is 5.41 Å². The van der Waals surface area contributed by atoms with Crippen LogP contribution in [0, 0.1) is 5.41 Å². The van der Waals surface area contributed by atoms with E-state index in [0.717, 1.165) is 5.56 Å². The van der Waals surface area contributed by atoms with E-state index in [1.165, 1.54) is 0 Å². The molecule has 0 aromatic heterocycles. The first-order valence-corrected chi connectivity index (χ1v) is 6.17. The predicted octanol–water partition coefficient (Wildman–Crippen LogP) is 0.788. The van der Waals surface area contributed by atoms with Crippen LogP contribution in [-0.2, 0) is 14.3 Å². The standard InChI is InChI=1S/C14H17NO4/c1-14(8-19-9-16)12(17)7-11(15-13(14)18)10-5-3-2-4-6-10/h2-6,9,11-12,17H,7-8H2,1H3,(H,15,18). The minimum atomic E-state index is -1.09. The Kier molecular flexibility index (Phi) is 3.85. The molecule has 0 aliphatic carbocycles. The molecule has 0 saturated carbocycles. The molecule has 3 atom stereocenters. The number of carbonyl (C=O) groups excluding carboxylic acids is 2. The van der Waals surface area contributed by atoms with Crippen molar-refractivity contribution in [3.05, 3.63) is 35.9 Å². The van der Waals surface area contributed by atoms with Crippen LogP contribution in [-0.4, -0.2) is 30.2 Å². The lowest BCUT2D eigenvalue weighted by Gasteiger charge is -2.40. The molecule has 2 rings (SSSR count). The summed E-state index contributed by atoms with van der Waals surface area (Å²) in [6.45, 7) is 1.76. The van der Waals surface area contributed by atoms with Crippen molar-refractivity contribution < 1.29 is 19.4 Å². The maximum Gasteiger partial charge on any atom is 0.293 e. The molecule has 1 aliphatic rings. The highest BCUT2D eigenvalue weighted by atomic mass is 16.5. The average Bonchev–Trinajstić information content (AvgIpc) is 2.43. The first kappa shape index (κ1) is 13.5. The molecule has 5 heteroatoms. The molecule has 1 heterocycles. The predicted molar refractivity (Wildman–Crippen MR) is 68.1 cm³/mol. The van der Waals surface area contributed by atoms with Crippen molar-refractivity contribution in [1.29, 1.82) is 0 Å². The van der Waals surface area contributed by atoms with E-state index in [1.54, 1.807) is 6.92 Å². The molecule has 1 saturated heterocycles. The molecule has 1 fully saturated rings. The summed E-state index contributed by atoms with van der Waals surface area (Å²) in [6, 6.07) is 9.26. The minimum absolute atomic E-state index is 0.120. The van der Waals surface area contributed by atoms with Crippen molar-refractivity contribution in [1.82, 2.24) is 5.32 Å². The molecule has 5 nitrogen and oxygen atoms in total. The Bertz CT molecular complexity index is 462. The zero-order valence-electron chi connectivity index (χ0n) is 10.7. The lowest BCUT2D eigenvalue weighted by molar-refractivity contribution is -0.153. The molecule has 1 amide bonds. The largest absolute Gasteiger partial charge is 0.467 e. The number of piperidine rings is 1. The number of nitrogens with one attached hydrogen (secondary N) is 1. The van der Waals surface area contributed by atoms with Gasteiger partial charge >= 0.3 is 0 Å². The van der Waals surface area contributed by atoms with Crippen molar-refractivity contribution in [3.8, 4) is 0 Å². The van der Waals surface area contributed by atoms with Gasteiger partial charge in [-0.15, -0.1) is 0 Å². The summed E-state index contributed by atoms with van der Waals surface area (Å²) in [7, 11) is 0. The first-order chi connectivity index (χ1) is 9.08. The van der Waals surface area contributed by atoms with Crippen molar-refractivity contribution in [2.75, 3.05) is 6.61 Å². The van der Waals surface area contributed by atoms with Crippen LogP contribution in [0.15, 0.2) is 30.3 Å². The van der Waals surface area contributed by atoms with E-state index >= 15 is 0 Å². The van der Waals surface area contributed by atoms with E-state index < -0.39 is 11.5 Å². The van der Waals surface area contributed by atoms with Gasteiger partial charge in [-0.2, -0.15) is 0 Å². The van der Waals surface area contributed by atoms with Crippen LogP contribution in [0.3, 0.4) is 0 Å². The Morgan fingerprint density at radius 3 is 2.74 bits per heavy atom. The van der Waals surface area contributed by atoms with Crippen LogP contribution in [0.4, 0.5) is 0 Å². The lowest BCUT2D eigenvalue weighted by atomic mass is 9.76. The van der Waals surface area contributed by atoms with Crippen LogP contribution in [0.25, 0.3) is 0 Å². The molecule has 1 aliphatic heterocycles. The first-order valence-electron chi connectivity index (χ1n) is 6.17. The molecule has 19 heavy (non-hydrogen) atoms. The quantitative estimate of drug-likeness (QED) is 0.787. The molecule has 0 spiro atoms. The number of hydrogen-bond donors (Lipinski definition) is 2. The van der Waals surface area contributed by atoms with Crippen molar-refractivity contribution in [2.45, 2.75) is 25.5 Å². The maximum absolute atomic E-state index is 12.1.